The first-order valence-corrected chi connectivity index (χ1v) is 7.99. The van der Waals surface area contributed by atoms with E-state index in [-0.39, 0.29) is 10.6 Å². The molecule has 2 N–H and O–H groups in total. The highest BCUT2D eigenvalue weighted by Gasteiger charge is 2.35. The standard InChI is InChI=1S/C17H12Cl2F3N3/c18-13-6-3-7-14(15(13)19)25-16(10-8-23-24-9-10)11-4-1-2-5-12(11)17(20,21)22/h1-9,16,25H,(H,23,24). The first-order chi connectivity index (χ1) is 11.9. The summed E-state index contributed by atoms with van der Waals surface area (Å²) in [5.41, 5.74) is 0.296. The van der Waals surface area contributed by atoms with Crippen LogP contribution in [0.3, 0.4) is 0 Å². The van der Waals surface area contributed by atoms with Gasteiger partial charge in [-0.3, -0.25) is 5.10 Å². The summed E-state index contributed by atoms with van der Waals surface area (Å²) < 4.78 is 40.3. The number of rotatable bonds is 4. The first kappa shape index (κ1) is 17.6. The zero-order valence-electron chi connectivity index (χ0n) is 12.6. The van der Waals surface area contributed by atoms with Crippen molar-refractivity contribution in [2.24, 2.45) is 0 Å². The van der Waals surface area contributed by atoms with Crippen LogP contribution in [-0.4, -0.2) is 10.2 Å². The van der Waals surface area contributed by atoms with E-state index >= 15 is 0 Å². The van der Waals surface area contributed by atoms with Gasteiger partial charge >= 0.3 is 6.18 Å². The van der Waals surface area contributed by atoms with Gasteiger partial charge in [0.05, 0.1) is 33.5 Å². The molecule has 0 saturated heterocycles. The molecule has 25 heavy (non-hydrogen) atoms. The molecular formula is C17H12Cl2F3N3. The Labute approximate surface area is 151 Å². The van der Waals surface area contributed by atoms with Crippen molar-refractivity contribution in [2.75, 3.05) is 5.32 Å². The molecule has 3 aromatic rings. The van der Waals surface area contributed by atoms with Crippen molar-refractivity contribution >= 4 is 28.9 Å². The minimum absolute atomic E-state index is 0.0624. The second kappa shape index (κ2) is 6.98. The molecule has 3 rings (SSSR count). The predicted octanol–water partition coefficient (Wildman–Crippen LogP) is 5.94. The summed E-state index contributed by atoms with van der Waals surface area (Å²) in [5, 5.41) is 10.0. The number of halogens is 5. The second-order valence-electron chi connectivity index (χ2n) is 5.30. The number of hydrogen-bond donors (Lipinski definition) is 2. The Morgan fingerprint density at radius 1 is 1.04 bits per heavy atom. The predicted molar refractivity (Wildman–Crippen MR) is 92.0 cm³/mol. The van der Waals surface area contributed by atoms with Crippen LogP contribution in [0.25, 0.3) is 0 Å². The van der Waals surface area contributed by atoms with Crippen molar-refractivity contribution in [1.29, 1.82) is 0 Å². The molecule has 130 valence electrons. The smallest absolute Gasteiger partial charge is 0.373 e. The minimum Gasteiger partial charge on any atom is -0.373 e. The van der Waals surface area contributed by atoms with Crippen LogP contribution in [0.5, 0.6) is 0 Å². The lowest BCUT2D eigenvalue weighted by molar-refractivity contribution is -0.138. The van der Waals surface area contributed by atoms with E-state index in [0.29, 0.717) is 16.3 Å². The zero-order valence-corrected chi connectivity index (χ0v) is 14.1. The molecule has 0 spiro atoms. The summed E-state index contributed by atoms with van der Waals surface area (Å²) in [7, 11) is 0. The van der Waals surface area contributed by atoms with Crippen LogP contribution < -0.4 is 5.32 Å². The van der Waals surface area contributed by atoms with E-state index in [1.165, 1.54) is 24.5 Å². The lowest BCUT2D eigenvalue weighted by Gasteiger charge is -2.23. The van der Waals surface area contributed by atoms with Gasteiger partial charge in [0.25, 0.3) is 0 Å². The zero-order chi connectivity index (χ0) is 18.0. The highest BCUT2D eigenvalue weighted by Crippen LogP contribution is 2.39. The number of aromatic nitrogens is 2. The number of hydrogen-bond acceptors (Lipinski definition) is 2. The van der Waals surface area contributed by atoms with Crippen molar-refractivity contribution < 1.29 is 13.2 Å². The average molecular weight is 386 g/mol. The van der Waals surface area contributed by atoms with Crippen molar-refractivity contribution in [2.45, 2.75) is 12.2 Å². The summed E-state index contributed by atoms with van der Waals surface area (Å²) in [5.74, 6) is 0. The van der Waals surface area contributed by atoms with Gasteiger partial charge < -0.3 is 5.32 Å². The van der Waals surface area contributed by atoms with Gasteiger partial charge in [0.2, 0.25) is 0 Å². The molecule has 0 fully saturated rings. The van der Waals surface area contributed by atoms with Gasteiger partial charge in [-0.25, -0.2) is 0 Å². The van der Waals surface area contributed by atoms with Crippen LogP contribution >= 0.6 is 23.2 Å². The van der Waals surface area contributed by atoms with Crippen LogP contribution in [0.4, 0.5) is 18.9 Å². The van der Waals surface area contributed by atoms with E-state index in [4.69, 9.17) is 23.2 Å². The van der Waals surface area contributed by atoms with Crippen LogP contribution in [0, 0.1) is 0 Å². The molecule has 0 aliphatic heterocycles. The van der Waals surface area contributed by atoms with Gasteiger partial charge in [-0.05, 0) is 23.8 Å². The van der Waals surface area contributed by atoms with Gasteiger partial charge in [-0.1, -0.05) is 47.5 Å². The fourth-order valence-corrected chi connectivity index (χ4v) is 2.89. The topological polar surface area (TPSA) is 40.7 Å². The number of anilines is 1. The Hall–Kier alpha value is -2.18. The highest BCUT2D eigenvalue weighted by molar-refractivity contribution is 6.43. The maximum Gasteiger partial charge on any atom is 0.416 e. The molecule has 3 nitrogen and oxygen atoms in total. The molecule has 8 heteroatoms. The Morgan fingerprint density at radius 3 is 2.48 bits per heavy atom. The molecule has 0 radical (unpaired) electrons. The number of H-pyrrole nitrogens is 1. The Morgan fingerprint density at radius 2 is 1.80 bits per heavy atom. The van der Waals surface area contributed by atoms with Gasteiger partial charge in [0.15, 0.2) is 0 Å². The third-order valence-corrected chi connectivity index (χ3v) is 4.50. The maximum atomic E-state index is 13.4. The van der Waals surface area contributed by atoms with Crippen molar-refractivity contribution in [3.63, 3.8) is 0 Å². The van der Waals surface area contributed by atoms with Crippen molar-refractivity contribution in [3.05, 3.63) is 81.6 Å². The first-order valence-electron chi connectivity index (χ1n) is 7.23. The number of alkyl halides is 3. The average Bonchev–Trinajstić information content (AvgIpc) is 3.10. The van der Waals surface area contributed by atoms with Crippen LogP contribution in [0.2, 0.25) is 10.0 Å². The molecule has 0 aliphatic carbocycles. The molecule has 0 aliphatic rings. The monoisotopic (exact) mass is 385 g/mol. The molecule has 1 unspecified atom stereocenters. The summed E-state index contributed by atoms with van der Waals surface area (Å²) in [4.78, 5) is 0. The van der Waals surface area contributed by atoms with E-state index in [1.807, 2.05) is 0 Å². The van der Waals surface area contributed by atoms with Crippen LogP contribution in [0.15, 0.2) is 54.9 Å². The largest absolute Gasteiger partial charge is 0.416 e. The van der Waals surface area contributed by atoms with Crippen molar-refractivity contribution in [1.82, 2.24) is 10.2 Å². The van der Waals surface area contributed by atoms with E-state index in [9.17, 15) is 13.2 Å². The molecule has 1 aromatic heterocycles. The fourth-order valence-electron chi connectivity index (χ4n) is 2.54. The van der Waals surface area contributed by atoms with Gasteiger partial charge in [-0.15, -0.1) is 0 Å². The Bertz CT molecular complexity index is 864. The third-order valence-electron chi connectivity index (χ3n) is 3.68. The Balaban J connectivity index is 2.11. The van der Waals surface area contributed by atoms with Crippen LogP contribution in [0.1, 0.15) is 22.7 Å². The lowest BCUT2D eigenvalue weighted by Crippen LogP contribution is -2.18. The third kappa shape index (κ3) is 3.75. The summed E-state index contributed by atoms with van der Waals surface area (Å²) in [6, 6.07) is 9.48. The van der Waals surface area contributed by atoms with E-state index in [1.54, 1.807) is 24.3 Å². The van der Waals surface area contributed by atoms with Gasteiger partial charge in [-0.2, -0.15) is 18.3 Å². The molecular weight excluding hydrogens is 374 g/mol. The Kier molecular flexibility index (Phi) is 4.92. The minimum atomic E-state index is -4.49. The van der Waals surface area contributed by atoms with E-state index in [0.717, 1.165) is 6.07 Å². The highest BCUT2D eigenvalue weighted by atomic mass is 35.5. The maximum absolute atomic E-state index is 13.4. The summed E-state index contributed by atoms with van der Waals surface area (Å²) in [6.45, 7) is 0. The quantitative estimate of drug-likeness (QED) is 0.583. The van der Waals surface area contributed by atoms with E-state index < -0.39 is 17.8 Å². The number of nitrogens with zero attached hydrogens (tertiary/aromatic N) is 1. The fraction of sp³-hybridized carbons (Fsp3) is 0.118. The molecule has 1 atom stereocenters. The molecule has 2 aromatic carbocycles. The number of nitrogens with one attached hydrogen (secondary N) is 2. The molecule has 0 amide bonds. The van der Waals surface area contributed by atoms with Crippen LogP contribution in [-0.2, 0) is 6.18 Å². The summed E-state index contributed by atoms with van der Waals surface area (Å²) >= 11 is 12.2. The lowest BCUT2D eigenvalue weighted by atomic mass is 9.95. The molecule has 0 saturated carbocycles. The normalized spacial score (nSPS) is 12.8. The summed E-state index contributed by atoms with van der Waals surface area (Å²) in [6.07, 6.45) is -1.50. The van der Waals surface area contributed by atoms with Gasteiger partial charge in [0, 0.05) is 11.8 Å². The van der Waals surface area contributed by atoms with E-state index in [2.05, 4.69) is 15.5 Å². The molecule has 1 heterocycles. The second-order valence-corrected chi connectivity index (χ2v) is 6.08. The van der Waals surface area contributed by atoms with Crippen molar-refractivity contribution in [3.8, 4) is 0 Å². The molecule has 0 bridgehead atoms. The number of aromatic amines is 1. The SMILES string of the molecule is FC(F)(F)c1ccccc1C(Nc1cccc(Cl)c1Cl)c1cn[nH]c1. The van der Waals surface area contributed by atoms with Gasteiger partial charge in [0.1, 0.15) is 0 Å². The number of benzene rings is 2.